The number of nitrogens with one attached hydrogen (secondary N) is 1. The van der Waals surface area contributed by atoms with Gasteiger partial charge < -0.3 is 15.5 Å². The molecule has 0 aliphatic heterocycles. The van der Waals surface area contributed by atoms with E-state index in [1.165, 1.54) is 0 Å². The molecule has 1 aromatic carbocycles. The first-order valence-electron chi connectivity index (χ1n) is 6.07. The monoisotopic (exact) mass is 379 g/mol. The van der Waals surface area contributed by atoms with Gasteiger partial charge in [-0.1, -0.05) is 13.3 Å². The Morgan fingerprint density at radius 3 is 2.39 bits per heavy atom. The molecule has 3 nitrogen and oxygen atoms in total. The summed E-state index contributed by atoms with van der Waals surface area (Å²) in [7, 11) is 0. The number of hydrogen-bond acceptors (Lipinski definition) is 3. The fourth-order valence-corrected chi connectivity index (χ4v) is 3.06. The van der Waals surface area contributed by atoms with E-state index in [-0.39, 0.29) is 12.4 Å². The third-order valence-electron chi connectivity index (χ3n) is 2.95. The van der Waals surface area contributed by atoms with Crippen LogP contribution in [0.5, 0.6) is 5.75 Å². The van der Waals surface area contributed by atoms with Gasteiger partial charge >= 0.3 is 0 Å². The van der Waals surface area contributed by atoms with Crippen LogP contribution in [0.15, 0.2) is 21.1 Å². The number of halogens is 2. The Morgan fingerprint density at radius 2 is 1.89 bits per heavy atom. The highest BCUT2D eigenvalue weighted by Crippen LogP contribution is 2.33. The zero-order chi connectivity index (χ0) is 13.5. The van der Waals surface area contributed by atoms with Crippen molar-refractivity contribution < 1.29 is 10.2 Å². The van der Waals surface area contributed by atoms with Crippen molar-refractivity contribution in [3.8, 4) is 5.75 Å². The first-order valence-corrected chi connectivity index (χ1v) is 7.65. The molecule has 0 aliphatic rings. The second-order valence-corrected chi connectivity index (χ2v) is 6.03. The van der Waals surface area contributed by atoms with Crippen molar-refractivity contribution in [2.75, 3.05) is 13.2 Å². The number of aromatic hydroxyl groups is 1. The van der Waals surface area contributed by atoms with E-state index in [9.17, 15) is 5.11 Å². The van der Waals surface area contributed by atoms with Crippen LogP contribution in [0, 0.1) is 5.92 Å². The van der Waals surface area contributed by atoms with Gasteiger partial charge in [-0.2, -0.15) is 0 Å². The van der Waals surface area contributed by atoms with Gasteiger partial charge in [0.1, 0.15) is 5.75 Å². The normalized spacial score (nSPS) is 12.7. The van der Waals surface area contributed by atoms with E-state index in [0.717, 1.165) is 31.5 Å². The van der Waals surface area contributed by atoms with Gasteiger partial charge in [0.05, 0.1) is 8.95 Å². The summed E-state index contributed by atoms with van der Waals surface area (Å²) in [4.78, 5) is 0. The second-order valence-electron chi connectivity index (χ2n) is 4.33. The summed E-state index contributed by atoms with van der Waals surface area (Å²) in [5.74, 6) is 0.740. The van der Waals surface area contributed by atoms with Crippen molar-refractivity contribution in [2.45, 2.75) is 26.3 Å². The molecule has 3 N–H and O–H groups in total. The maximum absolute atomic E-state index is 9.61. The fourth-order valence-electron chi connectivity index (χ4n) is 1.77. The summed E-state index contributed by atoms with van der Waals surface area (Å²) in [6.45, 7) is 4.03. The largest absolute Gasteiger partial charge is 0.506 e. The van der Waals surface area contributed by atoms with Crippen molar-refractivity contribution in [3.05, 3.63) is 26.6 Å². The average molecular weight is 381 g/mol. The summed E-state index contributed by atoms with van der Waals surface area (Å²) in [6.07, 6.45) is 1.91. The number of hydrogen-bond donors (Lipinski definition) is 3. The lowest BCUT2D eigenvalue weighted by Crippen LogP contribution is -2.22. The molecule has 1 atom stereocenters. The highest BCUT2D eigenvalue weighted by Gasteiger charge is 2.07. The molecule has 0 radical (unpaired) electrons. The van der Waals surface area contributed by atoms with Crippen molar-refractivity contribution >= 4 is 31.9 Å². The number of rotatable bonds is 7. The lowest BCUT2D eigenvalue weighted by molar-refractivity contribution is 0.251. The minimum absolute atomic E-state index is 0.227. The Bertz CT molecular complexity index is 362. The Balaban J connectivity index is 2.48. The molecule has 0 saturated heterocycles. The van der Waals surface area contributed by atoms with Crippen LogP contribution >= 0.6 is 31.9 Å². The highest BCUT2D eigenvalue weighted by molar-refractivity contribution is 9.11. The molecule has 1 unspecified atom stereocenters. The molecule has 0 bridgehead atoms. The van der Waals surface area contributed by atoms with Gasteiger partial charge in [0.15, 0.2) is 0 Å². The van der Waals surface area contributed by atoms with Gasteiger partial charge in [0.2, 0.25) is 0 Å². The second kappa shape index (κ2) is 8.15. The van der Waals surface area contributed by atoms with Crippen molar-refractivity contribution in [1.82, 2.24) is 5.32 Å². The van der Waals surface area contributed by atoms with Crippen molar-refractivity contribution in [2.24, 2.45) is 5.92 Å². The lowest BCUT2D eigenvalue weighted by atomic mass is 10.0. The topological polar surface area (TPSA) is 52.5 Å². The lowest BCUT2D eigenvalue weighted by Gasteiger charge is -2.14. The van der Waals surface area contributed by atoms with Crippen LogP contribution in [0.25, 0.3) is 0 Å². The number of benzene rings is 1. The van der Waals surface area contributed by atoms with Gasteiger partial charge in [-0.15, -0.1) is 0 Å². The maximum Gasteiger partial charge on any atom is 0.143 e. The quantitative estimate of drug-likeness (QED) is 0.679. The summed E-state index contributed by atoms with van der Waals surface area (Å²) in [6, 6.07) is 3.81. The molecule has 5 heteroatoms. The first-order chi connectivity index (χ1) is 8.58. The van der Waals surface area contributed by atoms with Crippen LogP contribution < -0.4 is 5.32 Å². The third-order valence-corrected chi connectivity index (χ3v) is 4.16. The smallest absolute Gasteiger partial charge is 0.143 e. The molecule has 0 heterocycles. The van der Waals surface area contributed by atoms with Crippen LogP contribution in [0.4, 0.5) is 0 Å². The third kappa shape index (κ3) is 4.88. The first kappa shape index (κ1) is 16.0. The van der Waals surface area contributed by atoms with Crippen molar-refractivity contribution in [1.29, 1.82) is 0 Å². The van der Waals surface area contributed by atoms with Crippen LogP contribution in [0.1, 0.15) is 25.3 Å². The van der Waals surface area contributed by atoms with E-state index in [1.54, 1.807) is 0 Å². The molecule has 0 saturated carbocycles. The predicted octanol–water partition coefficient (Wildman–Crippen LogP) is 3.42. The molecule has 0 spiro atoms. The van der Waals surface area contributed by atoms with E-state index < -0.39 is 0 Å². The van der Waals surface area contributed by atoms with E-state index in [0.29, 0.717) is 14.9 Å². The average Bonchev–Trinajstić information content (AvgIpc) is 2.34. The van der Waals surface area contributed by atoms with Gasteiger partial charge in [0, 0.05) is 13.2 Å². The van der Waals surface area contributed by atoms with Crippen LogP contribution in [0.2, 0.25) is 0 Å². The van der Waals surface area contributed by atoms with E-state index in [4.69, 9.17) is 5.11 Å². The highest BCUT2D eigenvalue weighted by atomic mass is 79.9. The predicted molar refractivity (Wildman–Crippen MR) is 80.7 cm³/mol. The molecular formula is C13H19Br2NO2. The number of aliphatic hydroxyl groups excluding tert-OH is 1. The van der Waals surface area contributed by atoms with Gasteiger partial charge in [-0.25, -0.2) is 0 Å². The summed E-state index contributed by atoms with van der Waals surface area (Å²) >= 11 is 6.63. The molecule has 0 fully saturated rings. The summed E-state index contributed by atoms with van der Waals surface area (Å²) in [5.41, 5.74) is 1.10. The molecule has 18 heavy (non-hydrogen) atoms. The number of phenols is 1. The van der Waals surface area contributed by atoms with Gasteiger partial charge in [-0.3, -0.25) is 0 Å². The fraction of sp³-hybridized carbons (Fsp3) is 0.538. The Morgan fingerprint density at radius 1 is 1.28 bits per heavy atom. The Labute approximate surface area is 125 Å². The minimum Gasteiger partial charge on any atom is -0.506 e. The Hall–Kier alpha value is -0.100. The van der Waals surface area contributed by atoms with Crippen LogP contribution in [-0.2, 0) is 6.54 Å². The summed E-state index contributed by atoms with van der Waals surface area (Å²) < 4.78 is 1.38. The Kier molecular flexibility index (Phi) is 7.22. The standard InChI is InChI=1S/C13H19Br2NO2/c1-2-9(3-4-17)7-16-8-10-5-11(14)13(18)12(15)6-10/h5-6,9,16-18H,2-4,7-8H2,1H3. The zero-order valence-electron chi connectivity index (χ0n) is 10.4. The van der Waals surface area contributed by atoms with Crippen LogP contribution in [0.3, 0.4) is 0 Å². The maximum atomic E-state index is 9.61. The van der Waals surface area contributed by atoms with E-state index >= 15 is 0 Å². The van der Waals surface area contributed by atoms with Gasteiger partial charge in [-0.05, 0) is 68.4 Å². The molecule has 1 rings (SSSR count). The number of phenolic OH excluding ortho intramolecular Hbond substituents is 1. The summed E-state index contributed by atoms with van der Waals surface area (Å²) in [5, 5.41) is 21.9. The van der Waals surface area contributed by atoms with Gasteiger partial charge in [0.25, 0.3) is 0 Å². The van der Waals surface area contributed by atoms with Crippen molar-refractivity contribution in [3.63, 3.8) is 0 Å². The minimum atomic E-state index is 0.227. The SMILES string of the molecule is CCC(CCO)CNCc1cc(Br)c(O)c(Br)c1. The molecule has 0 aromatic heterocycles. The van der Waals surface area contributed by atoms with Crippen LogP contribution in [-0.4, -0.2) is 23.4 Å². The molecule has 1 aromatic rings. The number of aliphatic hydroxyl groups is 1. The van der Waals surface area contributed by atoms with E-state index in [1.807, 2.05) is 12.1 Å². The molecule has 102 valence electrons. The molecular weight excluding hydrogens is 362 g/mol. The molecule has 0 amide bonds. The molecule has 0 aliphatic carbocycles. The zero-order valence-corrected chi connectivity index (χ0v) is 13.6. The van der Waals surface area contributed by atoms with E-state index in [2.05, 4.69) is 44.1 Å².